The smallest absolute Gasteiger partial charge is 0.264 e. The number of amides is 1. The summed E-state index contributed by atoms with van der Waals surface area (Å²) < 4.78 is 28.8. The summed E-state index contributed by atoms with van der Waals surface area (Å²) >= 11 is 9.48. The lowest BCUT2D eigenvalue weighted by atomic mass is 10.2. The van der Waals surface area contributed by atoms with Crippen molar-refractivity contribution in [2.75, 3.05) is 10.8 Å². The van der Waals surface area contributed by atoms with Crippen LogP contribution in [0.1, 0.15) is 16.7 Å². The molecule has 0 aliphatic rings. The minimum absolute atomic E-state index is 0.0774. The number of carbonyl (C=O) groups excluding carboxylic acids is 1. The maximum atomic E-state index is 13.4. The highest BCUT2D eigenvalue weighted by molar-refractivity contribution is 9.10. The fourth-order valence-corrected chi connectivity index (χ4v) is 4.79. The van der Waals surface area contributed by atoms with Gasteiger partial charge in [-0.05, 0) is 61.4 Å². The number of hydrogen-bond donors (Lipinski definition) is 1. The lowest BCUT2D eigenvalue weighted by molar-refractivity contribution is -0.119. The van der Waals surface area contributed by atoms with Gasteiger partial charge in [0, 0.05) is 9.50 Å². The van der Waals surface area contributed by atoms with Gasteiger partial charge in [-0.25, -0.2) is 13.8 Å². The molecule has 32 heavy (non-hydrogen) atoms. The number of aryl methyl sites for hydroxylation is 2. The normalized spacial score (nSPS) is 11.5. The van der Waals surface area contributed by atoms with Crippen molar-refractivity contribution in [3.05, 3.63) is 92.9 Å². The Labute approximate surface area is 201 Å². The van der Waals surface area contributed by atoms with Crippen molar-refractivity contribution in [3.63, 3.8) is 0 Å². The zero-order valence-corrected chi connectivity index (χ0v) is 20.6. The van der Waals surface area contributed by atoms with Gasteiger partial charge in [-0.3, -0.25) is 9.10 Å². The maximum absolute atomic E-state index is 13.4. The lowest BCUT2D eigenvalue weighted by Crippen LogP contribution is -2.40. The SMILES string of the molecule is Cc1ccc(S(=O)(=O)N(CC(=O)N/N=C\c2ccc(Br)cc2)c2cc(Cl)ccc2C)cc1. The minimum Gasteiger partial charge on any atom is -0.271 e. The predicted molar refractivity (Wildman–Crippen MR) is 132 cm³/mol. The number of anilines is 1. The van der Waals surface area contributed by atoms with E-state index in [4.69, 9.17) is 11.6 Å². The zero-order chi connectivity index (χ0) is 23.3. The van der Waals surface area contributed by atoms with Crippen LogP contribution in [0.4, 0.5) is 5.69 Å². The summed E-state index contributed by atoms with van der Waals surface area (Å²) in [5.74, 6) is -0.589. The standard InChI is InChI=1S/C23H21BrClN3O3S/c1-16-3-11-21(12-4-16)32(30,31)28(22-13-20(25)10-5-17(22)2)15-23(29)27-26-14-18-6-8-19(24)9-7-18/h3-14H,15H2,1-2H3,(H,27,29)/b26-14-. The van der Waals surface area contributed by atoms with Crippen LogP contribution in [0.3, 0.4) is 0 Å². The first-order valence-corrected chi connectivity index (χ1v) is 12.2. The van der Waals surface area contributed by atoms with Crippen molar-refractivity contribution >= 4 is 55.4 Å². The zero-order valence-electron chi connectivity index (χ0n) is 17.4. The van der Waals surface area contributed by atoms with Gasteiger partial charge in [-0.1, -0.05) is 63.4 Å². The van der Waals surface area contributed by atoms with Crippen LogP contribution in [0.25, 0.3) is 0 Å². The second kappa shape index (κ2) is 10.3. The van der Waals surface area contributed by atoms with Crippen molar-refractivity contribution in [2.24, 2.45) is 5.10 Å². The van der Waals surface area contributed by atoms with Crippen LogP contribution < -0.4 is 9.73 Å². The van der Waals surface area contributed by atoms with Gasteiger partial charge in [0.1, 0.15) is 6.54 Å². The van der Waals surface area contributed by atoms with Crippen LogP contribution in [0.2, 0.25) is 5.02 Å². The molecule has 0 saturated heterocycles. The molecule has 3 rings (SSSR count). The van der Waals surface area contributed by atoms with Crippen LogP contribution in [-0.2, 0) is 14.8 Å². The Kier molecular flexibility index (Phi) is 7.71. The molecule has 0 heterocycles. The second-order valence-electron chi connectivity index (χ2n) is 7.10. The first-order valence-electron chi connectivity index (χ1n) is 9.60. The molecule has 3 aromatic carbocycles. The number of hydrazone groups is 1. The summed E-state index contributed by atoms with van der Waals surface area (Å²) in [5, 5.41) is 4.30. The largest absolute Gasteiger partial charge is 0.271 e. The number of benzene rings is 3. The van der Waals surface area contributed by atoms with Gasteiger partial charge < -0.3 is 0 Å². The Hall–Kier alpha value is -2.68. The molecule has 0 unspecified atom stereocenters. The topological polar surface area (TPSA) is 78.8 Å². The average Bonchev–Trinajstić information content (AvgIpc) is 2.75. The van der Waals surface area contributed by atoms with Gasteiger partial charge in [0.15, 0.2) is 0 Å². The van der Waals surface area contributed by atoms with Crippen LogP contribution in [0.15, 0.2) is 81.2 Å². The van der Waals surface area contributed by atoms with E-state index in [1.807, 2.05) is 31.2 Å². The molecule has 6 nitrogen and oxygen atoms in total. The van der Waals surface area contributed by atoms with E-state index in [0.717, 1.165) is 19.9 Å². The Balaban J connectivity index is 1.88. The molecule has 166 valence electrons. The van der Waals surface area contributed by atoms with E-state index in [0.29, 0.717) is 16.3 Å². The highest BCUT2D eigenvalue weighted by Gasteiger charge is 2.28. The molecule has 0 aliphatic heterocycles. The number of halogens is 2. The first-order chi connectivity index (χ1) is 15.2. The molecule has 0 radical (unpaired) electrons. The molecule has 0 aromatic heterocycles. The number of sulfonamides is 1. The van der Waals surface area contributed by atoms with E-state index < -0.39 is 22.5 Å². The number of nitrogens with zero attached hydrogens (tertiary/aromatic N) is 2. The van der Waals surface area contributed by atoms with Crippen molar-refractivity contribution in [2.45, 2.75) is 18.7 Å². The van der Waals surface area contributed by atoms with Gasteiger partial charge in [-0.2, -0.15) is 5.10 Å². The number of hydrogen-bond acceptors (Lipinski definition) is 4. The monoisotopic (exact) mass is 533 g/mol. The first kappa shape index (κ1) is 24.0. The molecule has 0 bridgehead atoms. The van der Waals surface area contributed by atoms with E-state index >= 15 is 0 Å². The number of rotatable bonds is 7. The highest BCUT2D eigenvalue weighted by atomic mass is 79.9. The van der Waals surface area contributed by atoms with Crippen LogP contribution in [0, 0.1) is 13.8 Å². The number of nitrogens with one attached hydrogen (secondary N) is 1. The summed E-state index contributed by atoms with van der Waals surface area (Å²) in [6, 6.07) is 18.7. The van der Waals surface area contributed by atoms with Gasteiger partial charge in [0.05, 0.1) is 16.8 Å². The summed E-state index contributed by atoms with van der Waals surface area (Å²) in [5.41, 5.74) is 5.09. The summed E-state index contributed by atoms with van der Waals surface area (Å²) in [7, 11) is -4.03. The van der Waals surface area contributed by atoms with E-state index in [2.05, 4.69) is 26.5 Å². The van der Waals surface area contributed by atoms with Crippen LogP contribution >= 0.6 is 27.5 Å². The fourth-order valence-electron chi connectivity index (χ4n) is 2.88. The molecule has 0 spiro atoms. The van der Waals surface area contributed by atoms with E-state index in [9.17, 15) is 13.2 Å². The minimum atomic E-state index is -4.03. The Bertz CT molecular complexity index is 1240. The fraction of sp³-hybridized carbons (Fsp3) is 0.130. The number of carbonyl (C=O) groups is 1. The maximum Gasteiger partial charge on any atom is 0.264 e. The molecular weight excluding hydrogens is 514 g/mol. The Morgan fingerprint density at radius 2 is 1.72 bits per heavy atom. The van der Waals surface area contributed by atoms with Gasteiger partial charge in [-0.15, -0.1) is 0 Å². The molecular formula is C23H21BrClN3O3S. The van der Waals surface area contributed by atoms with Crippen LogP contribution in [-0.4, -0.2) is 27.1 Å². The summed E-state index contributed by atoms with van der Waals surface area (Å²) in [6.45, 7) is 3.16. The molecule has 0 saturated carbocycles. The average molecular weight is 535 g/mol. The molecule has 3 aromatic rings. The quantitative estimate of drug-likeness (QED) is 0.340. The van der Waals surface area contributed by atoms with Crippen molar-refractivity contribution in [1.82, 2.24) is 5.43 Å². The third-order valence-corrected chi connectivity index (χ3v) is 7.15. The van der Waals surface area contributed by atoms with Gasteiger partial charge >= 0.3 is 0 Å². The van der Waals surface area contributed by atoms with Crippen molar-refractivity contribution < 1.29 is 13.2 Å². The molecule has 0 atom stereocenters. The van der Waals surface area contributed by atoms with E-state index in [1.165, 1.54) is 24.4 Å². The molecule has 1 N–H and O–H groups in total. The summed E-state index contributed by atoms with van der Waals surface area (Å²) in [6.07, 6.45) is 1.48. The molecule has 0 fully saturated rings. The second-order valence-corrected chi connectivity index (χ2v) is 10.3. The molecule has 9 heteroatoms. The molecule has 0 aliphatic carbocycles. The van der Waals surface area contributed by atoms with E-state index in [-0.39, 0.29) is 4.90 Å². The van der Waals surface area contributed by atoms with Crippen molar-refractivity contribution in [1.29, 1.82) is 0 Å². The molecule has 1 amide bonds. The van der Waals surface area contributed by atoms with Crippen molar-refractivity contribution in [3.8, 4) is 0 Å². The summed E-state index contributed by atoms with van der Waals surface area (Å²) in [4.78, 5) is 12.7. The Morgan fingerprint density at radius 1 is 1.06 bits per heavy atom. The highest BCUT2D eigenvalue weighted by Crippen LogP contribution is 2.29. The van der Waals surface area contributed by atoms with Gasteiger partial charge in [0.25, 0.3) is 15.9 Å². The van der Waals surface area contributed by atoms with Crippen LogP contribution in [0.5, 0.6) is 0 Å². The third-order valence-electron chi connectivity index (χ3n) is 4.61. The predicted octanol–water partition coefficient (Wildman–Crippen LogP) is 5.06. The Morgan fingerprint density at radius 3 is 2.38 bits per heavy atom. The van der Waals surface area contributed by atoms with Gasteiger partial charge in [0.2, 0.25) is 0 Å². The lowest BCUT2D eigenvalue weighted by Gasteiger charge is -2.25. The van der Waals surface area contributed by atoms with E-state index in [1.54, 1.807) is 31.2 Å². The third kappa shape index (κ3) is 5.97.